The number of phenolic OH excluding ortho intramolecular Hbond substituents is 1. The lowest BCUT2D eigenvalue weighted by Gasteiger charge is -2.11. The van der Waals surface area contributed by atoms with Gasteiger partial charge < -0.3 is 14.9 Å². The van der Waals surface area contributed by atoms with Crippen LogP contribution in [0.15, 0.2) is 59.9 Å². The summed E-state index contributed by atoms with van der Waals surface area (Å²) < 4.78 is 2.07. The fourth-order valence-electron chi connectivity index (χ4n) is 3.18. The minimum absolute atomic E-state index is 0.207. The van der Waals surface area contributed by atoms with Gasteiger partial charge in [-0.15, -0.1) is 0 Å². The van der Waals surface area contributed by atoms with E-state index in [2.05, 4.69) is 19.9 Å². The number of hydrogen-bond acceptors (Lipinski definition) is 4. The second-order valence-corrected chi connectivity index (χ2v) is 5.78. The summed E-state index contributed by atoms with van der Waals surface area (Å²) in [6, 6.07) is 14.9. The summed E-state index contributed by atoms with van der Waals surface area (Å²) in [5.41, 5.74) is 5.36. The predicted molar refractivity (Wildman–Crippen MR) is 96.6 cm³/mol. The highest BCUT2D eigenvalue weighted by atomic mass is 16.4. The van der Waals surface area contributed by atoms with Crippen LogP contribution in [0.4, 0.5) is 0 Å². The summed E-state index contributed by atoms with van der Waals surface area (Å²) in [5, 5.41) is 30.1. The highest BCUT2D eigenvalue weighted by Crippen LogP contribution is 2.36. The van der Waals surface area contributed by atoms with Gasteiger partial charge in [0.25, 0.3) is 0 Å². The van der Waals surface area contributed by atoms with Crippen molar-refractivity contribution in [3.8, 4) is 22.7 Å². The molecular weight excluding hydrogens is 316 g/mol. The lowest BCUT2D eigenvalue weighted by Crippen LogP contribution is -1.98. The van der Waals surface area contributed by atoms with Crippen molar-refractivity contribution in [3.05, 3.63) is 66.0 Å². The average Bonchev–Trinajstić information content (AvgIpc) is 3.18. The van der Waals surface area contributed by atoms with E-state index >= 15 is 0 Å². The Morgan fingerprint density at radius 3 is 2.56 bits per heavy atom. The van der Waals surface area contributed by atoms with E-state index in [1.165, 1.54) is 6.21 Å². The van der Waals surface area contributed by atoms with Gasteiger partial charge in [-0.1, -0.05) is 23.4 Å². The molecule has 3 N–H and O–H groups in total. The Kier molecular flexibility index (Phi) is 3.50. The van der Waals surface area contributed by atoms with Gasteiger partial charge in [0.2, 0.25) is 0 Å². The molecule has 0 amide bonds. The highest BCUT2D eigenvalue weighted by molar-refractivity contribution is 6.07. The van der Waals surface area contributed by atoms with Crippen molar-refractivity contribution in [1.82, 2.24) is 14.8 Å². The molecule has 124 valence electrons. The number of aromatic nitrogens is 3. The van der Waals surface area contributed by atoms with E-state index in [1.807, 2.05) is 43.3 Å². The van der Waals surface area contributed by atoms with Crippen LogP contribution in [0.3, 0.4) is 0 Å². The molecule has 6 heteroatoms. The lowest BCUT2D eigenvalue weighted by molar-refractivity contribution is 0.322. The molecule has 2 aromatic heterocycles. The van der Waals surface area contributed by atoms with E-state index < -0.39 is 0 Å². The normalized spacial score (nSPS) is 11.6. The van der Waals surface area contributed by atoms with Gasteiger partial charge in [0.05, 0.1) is 23.6 Å². The number of rotatable bonds is 3. The Bertz CT molecular complexity index is 1070. The molecule has 0 saturated heterocycles. The Balaban J connectivity index is 2.16. The second-order valence-electron chi connectivity index (χ2n) is 5.78. The minimum Gasteiger partial charge on any atom is -0.508 e. The van der Waals surface area contributed by atoms with Gasteiger partial charge >= 0.3 is 0 Å². The van der Waals surface area contributed by atoms with Crippen molar-refractivity contribution in [1.29, 1.82) is 0 Å². The van der Waals surface area contributed by atoms with Crippen LogP contribution in [0.25, 0.3) is 27.8 Å². The van der Waals surface area contributed by atoms with Crippen LogP contribution in [0, 0.1) is 6.92 Å². The number of oxime groups is 1. The molecule has 0 bridgehead atoms. The van der Waals surface area contributed by atoms with Crippen molar-refractivity contribution in [2.45, 2.75) is 6.92 Å². The summed E-state index contributed by atoms with van der Waals surface area (Å²) in [5.74, 6) is 0.207. The zero-order valence-corrected chi connectivity index (χ0v) is 13.5. The Morgan fingerprint density at radius 2 is 1.88 bits per heavy atom. The molecule has 0 aliphatic rings. The molecule has 0 fully saturated rings. The molecule has 0 aliphatic heterocycles. The van der Waals surface area contributed by atoms with Crippen molar-refractivity contribution < 1.29 is 10.3 Å². The number of H-pyrrole nitrogens is 1. The monoisotopic (exact) mass is 332 g/mol. The van der Waals surface area contributed by atoms with Gasteiger partial charge in [-0.05, 0) is 37.3 Å². The number of aryl methyl sites for hydroxylation is 1. The summed E-state index contributed by atoms with van der Waals surface area (Å²) >= 11 is 0. The number of nitrogens with zero attached hydrogens (tertiary/aromatic N) is 3. The molecule has 25 heavy (non-hydrogen) atoms. The third kappa shape index (κ3) is 2.35. The fraction of sp³-hybridized carbons (Fsp3) is 0.0526. The first-order valence-electron chi connectivity index (χ1n) is 7.81. The van der Waals surface area contributed by atoms with Crippen molar-refractivity contribution in [2.24, 2.45) is 5.16 Å². The number of nitrogens with one attached hydrogen (secondary N) is 1. The number of para-hydroxylation sites is 1. The van der Waals surface area contributed by atoms with E-state index in [0.717, 1.165) is 39.1 Å². The van der Waals surface area contributed by atoms with Crippen LogP contribution >= 0.6 is 0 Å². The molecule has 4 aromatic rings. The Morgan fingerprint density at radius 1 is 1.12 bits per heavy atom. The SMILES string of the molecule is Cc1[nH]ncc1-c1c(/C=N/O)c2ccccc2n1-c1ccc(O)cc1. The van der Waals surface area contributed by atoms with Gasteiger partial charge in [0.1, 0.15) is 5.75 Å². The summed E-state index contributed by atoms with van der Waals surface area (Å²) in [4.78, 5) is 0. The van der Waals surface area contributed by atoms with Crippen LogP contribution in [-0.4, -0.2) is 31.3 Å². The van der Waals surface area contributed by atoms with Crippen LogP contribution in [0.1, 0.15) is 11.3 Å². The average molecular weight is 332 g/mol. The van der Waals surface area contributed by atoms with Crippen LogP contribution < -0.4 is 0 Å². The van der Waals surface area contributed by atoms with Gasteiger partial charge in [-0.25, -0.2) is 0 Å². The molecule has 2 aromatic carbocycles. The minimum atomic E-state index is 0.207. The lowest BCUT2D eigenvalue weighted by atomic mass is 10.1. The topological polar surface area (TPSA) is 86.4 Å². The first kappa shape index (κ1) is 15.0. The van der Waals surface area contributed by atoms with Crippen LogP contribution in [0.5, 0.6) is 5.75 Å². The molecule has 6 nitrogen and oxygen atoms in total. The number of hydrogen-bond donors (Lipinski definition) is 3. The first-order valence-corrected chi connectivity index (χ1v) is 7.81. The Labute approximate surface area is 143 Å². The predicted octanol–water partition coefficient (Wildman–Crippen LogP) is 3.84. The van der Waals surface area contributed by atoms with E-state index in [4.69, 9.17) is 0 Å². The summed E-state index contributed by atoms with van der Waals surface area (Å²) in [7, 11) is 0. The van der Waals surface area contributed by atoms with Crippen LogP contribution in [-0.2, 0) is 0 Å². The maximum Gasteiger partial charge on any atom is 0.115 e. The van der Waals surface area contributed by atoms with Crippen molar-refractivity contribution in [3.63, 3.8) is 0 Å². The molecular formula is C19H16N4O2. The van der Waals surface area contributed by atoms with Crippen molar-refractivity contribution in [2.75, 3.05) is 0 Å². The molecule has 4 rings (SSSR count). The standard InChI is InChI=1S/C19H16N4O2/c1-12-16(10-20-22-12)19-17(11-21-25)15-4-2-3-5-18(15)23(19)13-6-8-14(24)9-7-13/h2-11,24-25H,1H3,(H,20,22)/b21-11+. The molecule has 0 saturated carbocycles. The molecule has 0 atom stereocenters. The van der Waals surface area contributed by atoms with Crippen molar-refractivity contribution >= 4 is 17.1 Å². The molecule has 0 radical (unpaired) electrons. The van der Waals surface area contributed by atoms with Gasteiger partial charge in [0, 0.05) is 27.9 Å². The summed E-state index contributed by atoms with van der Waals surface area (Å²) in [6.45, 7) is 1.95. The van der Waals surface area contributed by atoms with E-state index in [-0.39, 0.29) is 5.75 Å². The number of phenols is 1. The third-order valence-electron chi connectivity index (χ3n) is 4.29. The second kappa shape index (κ2) is 5.83. The molecule has 0 aliphatic carbocycles. The zero-order chi connectivity index (χ0) is 17.4. The number of benzene rings is 2. The molecule has 0 spiro atoms. The number of aromatic amines is 1. The quantitative estimate of drug-likeness (QED) is 0.303. The van der Waals surface area contributed by atoms with E-state index in [1.54, 1.807) is 18.3 Å². The Hall–Kier alpha value is -3.54. The van der Waals surface area contributed by atoms with E-state index in [0.29, 0.717) is 0 Å². The maximum absolute atomic E-state index is 9.63. The fourth-order valence-corrected chi connectivity index (χ4v) is 3.18. The largest absolute Gasteiger partial charge is 0.508 e. The highest BCUT2D eigenvalue weighted by Gasteiger charge is 2.21. The first-order chi connectivity index (χ1) is 12.2. The van der Waals surface area contributed by atoms with Gasteiger partial charge in [-0.3, -0.25) is 5.10 Å². The molecule has 2 heterocycles. The zero-order valence-electron chi connectivity index (χ0n) is 13.5. The van der Waals surface area contributed by atoms with Gasteiger partial charge in [0.15, 0.2) is 0 Å². The third-order valence-corrected chi connectivity index (χ3v) is 4.29. The maximum atomic E-state index is 9.63. The smallest absolute Gasteiger partial charge is 0.115 e. The van der Waals surface area contributed by atoms with E-state index in [9.17, 15) is 10.3 Å². The number of fused-ring (bicyclic) bond motifs is 1. The van der Waals surface area contributed by atoms with Crippen LogP contribution in [0.2, 0.25) is 0 Å². The number of aromatic hydroxyl groups is 1. The molecule has 0 unspecified atom stereocenters. The van der Waals surface area contributed by atoms with Gasteiger partial charge in [-0.2, -0.15) is 5.10 Å². The summed E-state index contributed by atoms with van der Waals surface area (Å²) in [6.07, 6.45) is 3.20.